The number of hydrogen-bond acceptors (Lipinski definition) is 6. The normalized spacial score (nSPS) is 13.7. The summed E-state index contributed by atoms with van der Waals surface area (Å²) >= 11 is 0. The second-order valence-corrected chi connectivity index (χ2v) is 6.04. The summed E-state index contributed by atoms with van der Waals surface area (Å²) in [5, 5.41) is 0. The molecule has 14 heavy (non-hydrogen) atoms. The molecule has 10 nitrogen and oxygen atoms in total. The maximum absolute atomic E-state index is 10.0. The van der Waals surface area contributed by atoms with Gasteiger partial charge < -0.3 is 0 Å². The minimum absolute atomic E-state index is 0. The van der Waals surface area contributed by atoms with Crippen LogP contribution in [0.15, 0.2) is 0 Å². The molecule has 14 heteroatoms. The summed E-state index contributed by atoms with van der Waals surface area (Å²) in [7, 11) is -17.5. The average Bonchev–Trinajstić information content (AvgIpc) is 1.44. The first kappa shape index (κ1) is 17.7. The standard InChI is InChI=1S/K.H3NO9S3/c;2-11(3,4)1(12(5,6)7)13(8,9)10/h;(H,2,3,4)(H,5,6,7)(H,8,9,10)/q+1;. The van der Waals surface area contributed by atoms with Crippen molar-refractivity contribution in [3.63, 3.8) is 0 Å². The van der Waals surface area contributed by atoms with Gasteiger partial charge in [0.1, 0.15) is 0 Å². The molecule has 0 aromatic carbocycles. The van der Waals surface area contributed by atoms with Gasteiger partial charge in [-0.05, 0) is 0 Å². The van der Waals surface area contributed by atoms with E-state index < -0.39 is 34.0 Å². The van der Waals surface area contributed by atoms with Crippen LogP contribution < -0.4 is 51.4 Å². The Hall–Kier alpha value is 1.33. The molecule has 0 atom stereocenters. The number of nitrogens with zero attached hydrogens (tertiary/aromatic N) is 1. The molecule has 0 saturated carbocycles. The Kier molecular flexibility index (Phi) is 6.46. The first-order valence-corrected chi connectivity index (χ1v) is 6.29. The fourth-order valence-corrected chi connectivity index (χ4v) is 3.21. The molecular weight excluding hydrogens is 293 g/mol. The maximum Gasteiger partial charge on any atom is 1.00 e. The first-order chi connectivity index (χ1) is 5.37. The van der Waals surface area contributed by atoms with E-state index in [4.69, 9.17) is 13.7 Å². The van der Waals surface area contributed by atoms with Crippen molar-refractivity contribution in [2.75, 3.05) is 0 Å². The van der Waals surface area contributed by atoms with Gasteiger partial charge in [0.25, 0.3) is 0 Å². The summed E-state index contributed by atoms with van der Waals surface area (Å²) in [5.74, 6) is 0. The van der Waals surface area contributed by atoms with Crippen molar-refractivity contribution in [3.8, 4) is 0 Å². The molecule has 0 aliphatic carbocycles. The molecule has 0 aromatic rings. The Bertz CT molecular complexity index is 402. The van der Waals surface area contributed by atoms with Gasteiger partial charge in [0.15, 0.2) is 0 Å². The van der Waals surface area contributed by atoms with Gasteiger partial charge in [-0.3, -0.25) is 13.7 Å². The van der Waals surface area contributed by atoms with Crippen LogP contribution in [-0.2, 0) is 30.9 Å². The van der Waals surface area contributed by atoms with E-state index in [1.54, 1.807) is 0 Å². The predicted molar refractivity (Wildman–Crippen MR) is 36.5 cm³/mol. The molecule has 0 rings (SSSR count). The Morgan fingerprint density at radius 3 is 0.786 bits per heavy atom. The third kappa shape index (κ3) is 5.42. The van der Waals surface area contributed by atoms with Gasteiger partial charge in [-0.15, -0.1) is 0 Å². The summed E-state index contributed by atoms with van der Waals surface area (Å²) in [6.07, 6.45) is 0. The summed E-state index contributed by atoms with van der Waals surface area (Å²) in [6, 6.07) is 0. The first-order valence-electron chi connectivity index (χ1n) is 2.10. The monoisotopic (exact) mass is 296 g/mol. The molecule has 0 spiro atoms. The smallest absolute Gasteiger partial charge is 0.272 e. The van der Waals surface area contributed by atoms with Crippen LogP contribution in [0.5, 0.6) is 0 Å². The summed E-state index contributed by atoms with van der Waals surface area (Å²) in [5.41, 5.74) is 0. The van der Waals surface area contributed by atoms with Gasteiger partial charge in [-0.1, -0.05) is 0 Å². The van der Waals surface area contributed by atoms with Gasteiger partial charge in [0.2, 0.25) is 0 Å². The second kappa shape index (κ2) is 5.10. The molecular formula is H3KNO9S3+. The van der Waals surface area contributed by atoms with Gasteiger partial charge in [0.05, 0.1) is 3.12 Å². The molecule has 0 heterocycles. The van der Waals surface area contributed by atoms with Crippen LogP contribution in [0.1, 0.15) is 0 Å². The largest absolute Gasteiger partial charge is 1.00 e. The Labute approximate surface area is 122 Å². The average molecular weight is 296 g/mol. The molecule has 0 aromatic heterocycles. The summed E-state index contributed by atoms with van der Waals surface area (Å²) in [4.78, 5) is 0. The Morgan fingerprint density at radius 1 is 0.643 bits per heavy atom. The summed E-state index contributed by atoms with van der Waals surface area (Å²) < 4.78 is 82.2. The van der Waals surface area contributed by atoms with Crippen LogP contribution in [0, 0.1) is 0 Å². The van der Waals surface area contributed by atoms with Gasteiger partial charge >= 0.3 is 82.3 Å². The van der Waals surface area contributed by atoms with Gasteiger partial charge in [0, 0.05) is 0 Å². The molecule has 3 N–H and O–H groups in total. The van der Waals surface area contributed by atoms with Crippen molar-refractivity contribution in [3.05, 3.63) is 0 Å². The predicted octanol–water partition coefficient (Wildman–Crippen LogP) is -5.30. The summed E-state index contributed by atoms with van der Waals surface area (Å²) in [6.45, 7) is 0. The van der Waals surface area contributed by atoms with E-state index >= 15 is 0 Å². The van der Waals surface area contributed by atoms with Gasteiger partial charge in [-0.25, -0.2) is 0 Å². The van der Waals surface area contributed by atoms with E-state index in [2.05, 4.69) is 0 Å². The van der Waals surface area contributed by atoms with E-state index in [9.17, 15) is 25.3 Å². The van der Waals surface area contributed by atoms with Crippen LogP contribution in [0.4, 0.5) is 0 Å². The van der Waals surface area contributed by atoms with Crippen LogP contribution in [0.25, 0.3) is 0 Å². The quantitative estimate of drug-likeness (QED) is 0.340. The topological polar surface area (TPSA) is 166 Å². The van der Waals surface area contributed by atoms with E-state index in [1.165, 1.54) is 0 Å². The van der Waals surface area contributed by atoms with E-state index in [-0.39, 0.29) is 51.4 Å². The van der Waals surface area contributed by atoms with E-state index in [1.807, 2.05) is 0 Å². The molecule has 0 aliphatic heterocycles. The fraction of sp³-hybridized carbons (Fsp3) is 0. The SMILES string of the molecule is O=S(=O)(O)N(S(=O)(=O)O)S(=O)(=O)O.[K+]. The molecule has 0 aliphatic rings. The third-order valence-corrected chi connectivity index (χ3v) is 5.09. The van der Waals surface area contributed by atoms with Crippen LogP contribution in [-0.4, -0.2) is 42.0 Å². The number of hydrogen-bond donors (Lipinski definition) is 3. The molecule has 0 amide bonds. The molecule has 0 bridgehead atoms. The van der Waals surface area contributed by atoms with Crippen LogP contribution in [0.2, 0.25) is 0 Å². The zero-order chi connectivity index (χ0) is 11.1. The van der Waals surface area contributed by atoms with Gasteiger partial charge in [-0.2, -0.15) is 25.3 Å². The minimum Gasteiger partial charge on any atom is -0.272 e. The third-order valence-electron chi connectivity index (χ3n) is 0.565. The maximum atomic E-state index is 10.0. The van der Waals surface area contributed by atoms with Crippen molar-refractivity contribution in [2.45, 2.75) is 0 Å². The molecule has 0 unspecified atom stereocenters. The second-order valence-electron chi connectivity index (χ2n) is 1.57. The van der Waals surface area contributed by atoms with Crippen LogP contribution in [0.3, 0.4) is 0 Å². The van der Waals surface area contributed by atoms with E-state index in [0.29, 0.717) is 0 Å². The van der Waals surface area contributed by atoms with Crippen molar-refractivity contribution in [2.24, 2.45) is 0 Å². The van der Waals surface area contributed by atoms with Crippen molar-refractivity contribution in [1.82, 2.24) is 3.12 Å². The number of rotatable bonds is 3. The minimum atomic E-state index is -5.82. The van der Waals surface area contributed by atoms with E-state index in [0.717, 1.165) is 0 Å². The Balaban J connectivity index is 0. The molecule has 0 fully saturated rings. The van der Waals surface area contributed by atoms with Crippen molar-refractivity contribution >= 4 is 30.9 Å². The fourth-order valence-electron chi connectivity index (χ4n) is 0.357. The zero-order valence-corrected chi connectivity index (χ0v) is 12.0. The molecule has 80 valence electrons. The van der Waals surface area contributed by atoms with Crippen molar-refractivity contribution in [1.29, 1.82) is 0 Å². The molecule has 0 radical (unpaired) electrons. The zero-order valence-electron chi connectivity index (χ0n) is 6.46. The molecule has 0 saturated heterocycles. The van der Waals surface area contributed by atoms with Crippen LogP contribution >= 0.6 is 0 Å². The van der Waals surface area contributed by atoms with Crippen molar-refractivity contribution < 1.29 is 90.3 Å². The Morgan fingerprint density at radius 2 is 0.786 bits per heavy atom.